The van der Waals surface area contributed by atoms with Crippen LogP contribution in [0.3, 0.4) is 0 Å². The van der Waals surface area contributed by atoms with E-state index in [9.17, 15) is 4.79 Å². The molecule has 0 saturated heterocycles. The molecule has 0 aromatic carbocycles. The van der Waals surface area contributed by atoms with Crippen molar-refractivity contribution >= 4 is 6.08 Å². The first-order valence-corrected chi connectivity index (χ1v) is 5.40. The summed E-state index contributed by atoms with van der Waals surface area (Å²) in [4.78, 5) is 13.6. The molecule has 0 unspecified atom stereocenters. The molecule has 0 bridgehead atoms. The van der Waals surface area contributed by atoms with Gasteiger partial charge in [-0.25, -0.2) is 9.79 Å². The molecule has 2 nitrogen and oxygen atoms in total. The van der Waals surface area contributed by atoms with Crippen molar-refractivity contribution in [3.63, 3.8) is 0 Å². The van der Waals surface area contributed by atoms with Crippen molar-refractivity contribution < 1.29 is 4.79 Å². The lowest BCUT2D eigenvalue weighted by molar-refractivity contribution is 0.267. The molecule has 0 aromatic heterocycles. The van der Waals surface area contributed by atoms with Gasteiger partial charge in [0.15, 0.2) is 0 Å². The predicted octanol–water partition coefficient (Wildman–Crippen LogP) is 2.93. The lowest BCUT2D eigenvalue weighted by Crippen LogP contribution is -2.16. The quantitative estimate of drug-likeness (QED) is 0.484. The standard InChI is InChI=1S/C11H19NO/c1-2-3-10-4-6-11(7-5-10)8-12-9-13/h10-11H,2-8H2,1H3. The molecule has 74 valence electrons. The topological polar surface area (TPSA) is 29.4 Å². The number of carbonyl (C=O) groups excluding carboxylic acids is 1. The number of hydrogen-bond donors (Lipinski definition) is 0. The molecule has 2 heteroatoms. The Morgan fingerprint density at radius 2 is 1.85 bits per heavy atom. The minimum Gasteiger partial charge on any atom is -0.211 e. The third kappa shape index (κ3) is 3.73. The maximum absolute atomic E-state index is 9.92. The molecular weight excluding hydrogens is 162 g/mol. The van der Waals surface area contributed by atoms with E-state index in [0.29, 0.717) is 12.5 Å². The van der Waals surface area contributed by atoms with E-state index in [1.807, 2.05) is 0 Å². The monoisotopic (exact) mass is 181 g/mol. The highest BCUT2D eigenvalue weighted by atomic mass is 16.1. The Bertz CT molecular complexity index is 177. The van der Waals surface area contributed by atoms with E-state index < -0.39 is 0 Å². The fraction of sp³-hybridized carbons (Fsp3) is 0.909. The van der Waals surface area contributed by atoms with Crippen molar-refractivity contribution in [3.8, 4) is 0 Å². The van der Waals surface area contributed by atoms with Crippen molar-refractivity contribution in [1.82, 2.24) is 0 Å². The van der Waals surface area contributed by atoms with Crippen molar-refractivity contribution in [2.75, 3.05) is 6.54 Å². The highest BCUT2D eigenvalue weighted by Gasteiger charge is 2.19. The molecule has 1 aliphatic carbocycles. The van der Waals surface area contributed by atoms with Crippen LogP contribution in [0.5, 0.6) is 0 Å². The zero-order valence-corrected chi connectivity index (χ0v) is 8.46. The van der Waals surface area contributed by atoms with Crippen molar-refractivity contribution in [2.24, 2.45) is 16.8 Å². The van der Waals surface area contributed by atoms with E-state index in [-0.39, 0.29) is 0 Å². The van der Waals surface area contributed by atoms with Gasteiger partial charge in [0.05, 0.1) is 6.54 Å². The van der Waals surface area contributed by atoms with Gasteiger partial charge in [-0.2, -0.15) is 0 Å². The van der Waals surface area contributed by atoms with Crippen LogP contribution in [-0.2, 0) is 4.79 Å². The van der Waals surface area contributed by atoms with Crippen LogP contribution in [0.15, 0.2) is 4.99 Å². The SMILES string of the molecule is CCCC1CCC(CN=C=O)CC1. The Balaban J connectivity index is 2.18. The van der Waals surface area contributed by atoms with E-state index in [1.165, 1.54) is 38.5 Å². The van der Waals surface area contributed by atoms with Crippen LogP contribution in [0.25, 0.3) is 0 Å². The molecule has 0 heterocycles. The zero-order valence-electron chi connectivity index (χ0n) is 8.46. The molecule has 0 atom stereocenters. The van der Waals surface area contributed by atoms with Gasteiger partial charge in [0.25, 0.3) is 0 Å². The van der Waals surface area contributed by atoms with Crippen LogP contribution in [-0.4, -0.2) is 12.6 Å². The van der Waals surface area contributed by atoms with Gasteiger partial charge in [0, 0.05) is 0 Å². The second-order valence-electron chi connectivity index (χ2n) is 4.11. The molecule has 0 N–H and O–H groups in total. The number of aliphatic imine (C=N–C) groups is 1. The smallest absolute Gasteiger partial charge is 0.211 e. The summed E-state index contributed by atoms with van der Waals surface area (Å²) in [7, 11) is 0. The van der Waals surface area contributed by atoms with E-state index in [1.54, 1.807) is 6.08 Å². The van der Waals surface area contributed by atoms with Crippen LogP contribution in [0.4, 0.5) is 0 Å². The second-order valence-corrected chi connectivity index (χ2v) is 4.11. The minimum atomic E-state index is 0.662. The van der Waals surface area contributed by atoms with Gasteiger partial charge in [-0.1, -0.05) is 32.6 Å². The van der Waals surface area contributed by atoms with Gasteiger partial charge in [-0.3, -0.25) is 0 Å². The van der Waals surface area contributed by atoms with E-state index in [0.717, 1.165) is 5.92 Å². The first-order chi connectivity index (χ1) is 6.36. The van der Waals surface area contributed by atoms with Crippen molar-refractivity contribution in [2.45, 2.75) is 45.4 Å². The van der Waals surface area contributed by atoms with Gasteiger partial charge < -0.3 is 0 Å². The largest absolute Gasteiger partial charge is 0.234 e. The number of nitrogens with zero attached hydrogens (tertiary/aromatic N) is 1. The number of isocyanates is 1. The predicted molar refractivity (Wildman–Crippen MR) is 53.3 cm³/mol. The molecule has 1 saturated carbocycles. The van der Waals surface area contributed by atoms with Crippen LogP contribution < -0.4 is 0 Å². The van der Waals surface area contributed by atoms with Gasteiger partial charge in [0.1, 0.15) is 0 Å². The maximum Gasteiger partial charge on any atom is 0.234 e. The summed E-state index contributed by atoms with van der Waals surface area (Å²) < 4.78 is 0. The fourth-order valence-corrected chi connectivity index (χ4v) is 2.28. The lowest BCUT2D eigenvalue weighted by atomic mass is 9.80. The summed E-state index contributed by atoms with van der Waals surface area (Å²) in [6, 6.07) is 0. The summed E-state index contributed by atoms with van der Waals surface area (Å²) in [6.45, 7) is 2.96. The molecule has 1 rings (SSSR count). The van der Waals surface area contributed by atoms with E-state index in [4.69, 9.17) is 0 Å². The molecule has 0 amide bonds. The average molecular weight is 181 g/mol. The molecule has 0 aromatic rings. The molecule has 13 heavy (non-hydrogen) atoms. The molecular formula is C11H19NO. The second kappa shape index (κ2) is 5.93. The van der Waals surface area contributed by atoms with Crippen LogP contribution >= 0.6 is 0 Å². The Hall–Kier alpha value is -0.620. The third-order valence-corrected chi connectivity index (χ3v) is 3.08. The minimum absolute atomic E-state index is 0.662. The van der Waals surface area contributed by atoms with Gasteiger partial charge in [-0.15, -0.1) is 0 Å². The van der Waals surface area contributed by atoms with Gasteiger partial charge in [-0.05, 0) is 24.7 Å². The molecule has 1 aliphatic rings. The summed E-state index contributed by atoms with van der Waals surface area (Å²) in [5, 5.41) is 0. The highest BCUT2D eigenvalue weighted by molar-refractivity contribution is 5.32. The van der Waals surface area contributed by atoms with Crippen LogP contribution in [0, 0.1) is 11.8 Å². The summed E-state index contributed by atoms with van der Waals surface area (Å²) >= 11 is 0. The Labute approximate surface area is 80.4 Å². The van der Waals surface area contributed by atoms with Gasteiger partial charge in [0.2, 0.25) is 6.08 Å². The normalized spacial score (nSPS) is 28.1. The summed E-state index contributed by atoms with van der Waals surface area (Å²) in [5.41, 5.74) is 0. The average Bonchev–Trinajstić information content (AvgIpc) is 2.17. The summed E-state index contributed by atoms with van der Waals surface area (Å²) in [6.07, 6.45) is 9.51. The van der Waals surface area contributed by atoms with Crippen molar-refractivity contribution in [1.29, 1.82) is 0 Å². The summed E-state index contributed by atoms with van der Waals surface area (Å²) in [5.74, 6) is 1.61. The molecule has 0 spiro atoms. The zero-order chi connectivity index (χ0) is 9.52. The lowest BCUT2D eigenvalue weighted by Gasteiger charge is -2.26. The number of hydrogen-bond acceptors (Lipinski definition) is 2. The van der Waals surface area contributed by atoms with E-state index >= 15 is 0 Å². The molecule has 0 aliphatic heterocycles. The Kier molecular flexibility index (Phi) is 4.77. The Morgan fingerprint density at radius 1 is 1.23 bits per heavy atom. The third-order valence-electron chi connectivity index (χ3n) is 3.08. The first kappa shape index (κ1) is 10.5. The highest BCUT2D eigenvalue weighted by Crippen LogP contribution is 2.31. The Morgan fingerprint density at radius 3 is 2.38 bits per heavy atom. The van der Waals surface area contributed by atoms with Crippen molar-refractivity contribution in [3.05, 3.63) is 0 Å². The number of rotatable bonds is 4. The van der Waals surface area contributed by atoms with Crippen LogP contribution in [0.1, 0.15) is 45.4 Å². The van der Waals surface area contributed by atoms with Crippen LogP contribution in [0.2, 0.25) is 0 Å². The molecule has 0 radical (unpaired) electrons. The fourth-order valence-electron chi connectivity index (χ4n) is 2.28. The first-order valence-electron chi connectivity index (χ1n) is 5.40. The molecule has 1 fully saturated rings. The van der Waals surface area contributed by atoms with Gasteiger partial charge >= 0.3 is 0 Å². The maximum atomic E-state index is 9.92. The van der Waals surface area contributed by atoms with E-state index in [2.05, 4.69) is 11.9 Å².